The lowest BCUT2D eigenvalue weighted by molar-refractivity contribution is 0.386. The van der Waals surface area contributed by atoms with Crippen molar-refractivity contribution in [1.82, 2.24) is 4.90 Å². The number of phenolic OH excluding ortho intramolecular Hbond substituents is 1. The largest absolute Gasteiger partial charge is 0.508 e. The monoisotopic (exact) mass is 269 g/mol. The lowest BCUT2D eigenvalue weighted by Gasteiger charge is -2.11. The summed E-state index contributed by atoms with van der Waals surface area (Å²) in [6, 6.07) is 13.1. The number of benzene rings is 2. The molecule has 0 aliphatic rings. The average Bonchev–Trinajstić information content (AvgIpc) is 2.41. The van der Waals surface area contributed by atoms with E-state index < -0.39 is 0 Å². The second-order valence-electron chi connectivity index (χ2n) is 5.09. The Labute approximate surface area is 119 Å². The Morgan fingerprint density at radius 3 is 2.20 bits per heavy atom. The van der Waals surface area contributed by atoms with Crippen molar-refractivity contribution in [3.8, 4) is 5.75 Å². The molecule has 1 N–H and O–H groups in total. The molecule has 0 heterocycles. The molecule has 0 aliphatic heterocycles. The topological polar surface area (TPSA) is 48.2 Å². The van der Waals surface area contributed by atoms with Gasteiger partial charge in [-0.25, -0.2) is 0 Å². The van der Waals surface area contributed by atoms with Crippen LogP contribution in [-0.2, 0) is 6.54 Å². The van der Waals surface area contributed by atoms with Crippen molar-refractivity contribution in [3.05, 3.63) is 53.6 Å². The molecular weight excluding hydrogens is 250 g/mol. The van der Waals surface area contributed by atoms with Gasteiger partial charge >= 0.3 is 0 Å². The maximum absolute atomic E-state index is 9.80. The molecule has 0 radical (unpaired) electrons. The lowest BCUT2D eigenvalue weighted by Crippen LogP contribution is -2.10. The molecule has 0 aromatic heterocycles. The standard InChI is InChI=1S/C16H19N3O/c1-12-4-6-14(7-5-12)17-18-15-8-9-16(20)13(10-15)11-19(2)3/h4-10,20H,11H2,1-3H3. The van der Waals surface area contributed by atoms with E-state index in [4.69, 9.17) is 0 Å². The van der Waals surface area contributed by atoms with Crippen LogP contribution < -0.4 is 0 Å². The third-order valence-corrected chi connectivity index (χ3v) is 2.86. The third-order valence-electron chi connectivity index (χ3n) is 2.86. The first-order valence-electron chi connectivity index (χ1n) is 6.49. The molecule has 0 bridgehead atoms. The molecule has 104 valence electrons. The van der Waals surface area contributed by atoms with Crippen LogP contribution in [0.2, 0.25) is 0 Å². The van der Waals surface area contributed by atoms with Crippen LogP contribution in [0, 0.1) is 6.92 Å². The van der Waals surface area contributed by atoms with Gasteiger partial charge in [-0.3, -0.25) is 0 Å². The molecule has 0 unspecified atom stereocenters. The van der Waals surface area contributed by atoms with Crippen molar-refractivity contribution >= 4 is 11.4 Å². The minimum Gasteiger partial charge on any atom is -0.508 e. The Morgan fingerprint density at radius 1 is 0.950 bits per heavy atom. The number of aromatic hydroxyl groups is 1. The molecule has 2 aromatic rings. The molecule has 2 rings (SSSR count). The normalized spacial score (nSPS) is 11.4. The van der Waals surface area contributed by atoms with E-state index in [1.807, 2.05) is 56.3 Å². The SMILES string of the molecule is Cc1ccc(N=Nc2ccc(O)c(CN(C)C)c2)cc1. The zero-order valence-corrected chi connectivity index (χ0v) is 12.0. The molecule has 0 saturated carbocycles. The van der Waals surface area contributed by atoms with Gasteiger partial charge in [0.1, 0.15) is 5.75 Å². The van der Waals surface area contributed by atoms with Gasteiger partial charge in [0.15, 0.2) is 0 Å². The van der Waals surface area contributed by atoms with E-state index in [0.29, 0.717) is 6.54 Å². The van der Waals surface area contributed by atoms with Crippen molar-refractivity contribution in [2.75, 3.05) is 14.1 Å². The van der Waals surface area contributed by atoms with Crippen molar-refractivity contribution < 1.29 is 5.11 Å². The van der Waals surface area contributed by atoms with Gasteiger partial charge in [-0.05, 0) is 51.4 Å². The highest BCUT2D eigenvalue weighted by Crippen LogP contribution is 2.25. The minimum atomic E-state index is 0.285. The molecule has 0 spiro atoms. The Morgan fingerprint density at radius 2 is 1.55 bits per heavy atom. The molecule has 2 aromatic carbocycles. The van der Waals surface area contributed by atoms with Gasteiger partial charge in [-0.1, -0.05) is 17.7 Å². The van der Waals surface area contributed by atoms with Gasteiger partial charge in [0.05, 0.1) is 11.4 Å². The number of rotatable bonds is 4. The first kappa shape index (κ1) is 14.2. The van der Waals surface area contributed by atoms with Crippen molar-refractivity contribution in [2.24, 2.45) is 10.2 Å². The number of aryl methyl sites for hydroxylation is 1. The van der Waals surface area contributed by atoms with Crippen LogP contribution in [0.15, 0.2) is 52.7 Å². The molecule has 0 atom stereocenters. The second-order valence-corrected chi connectivity index (χ2v) is 5.09. The zero-order valence-electron chi connectivity index (χ0n) is 12.0. The number of azo groups is 1. The van der Waals surface area contributed by atoms with Crippen molar-refractivity contribution in [2.45, 2.75) is 13.5 Å². The highest BCUT2D eigenvalue weighted by atomic mass is 16.3. The van der Waals surface area contributed by atoms with E-state index >= 15 is 0 Å². The average molecular weight is 269 g/mol. The summed E-state index contributed by atoms with van der Waals surface area (Å²) in [5.41, 5.74) is 3.59. The van der Waals surface area contributed by atoms with Crippen LogP contribution in [0.4, 0.5) is 11.4 Å². The second kappa shape index (κ2) is 6.30. The fourth-order valence-electron chi connectivity index (χ4n) is 1.83. The molecule has 4 heteroatoms. The summed E-state index contributed by atoms with van der Waals surface area (Å²) in [6.45, 7) is 2.70. The summed E-state index contributed by atoms with van der Waals surface area (Å²) in [7, 11) is 3.92. The summed E-state index contributed by atoms with van der Waals surface area (Å²) in [6.07, 6.45) is 0. The molecule has 0 saturated heterocycles. The van der Waals surface area contributed by atoms with Gasteiger partial charge in [-0.15, -0.1) is 0 Å². The zero-order chi connectivity index (χ0) is 14.5. The fourth-order valence-corrected chi connectivity index (χ4v) is 1.83. The summed E-state index contributed by atoms with van der Waals surface area (Å²) in [5, 5.41) is 18.2. The van der Waals surface area contributed by atoms with Crippen molar-refractivity contribution in [3.63, 3.8) is 0 Å². The number of hydrogen-bond donors (Lipinski definition) is 1. The van der Waals surface area contributed by atoms with E-state index in [9.17, 15) is 5.11 Å². The first-order chi connectivity index (χ1) is 9.54. The van der Waals surface area contributed by atoms with Crippen LogP contribution in [0.25, 0.3) is 0 Å². The summed E-state index contributed by atoms with van der Waals surface area (Å²) in [4.78, 5) is 2.00. The summed E-state index contributed by atoms with van der Waals surface area (Å²) >= 11 is 0. The molecule has 0 fully saturated rings. The van der Waals surface area contributed by atoms with Gasteiger partial charge in [-0.2, -0.15) is 10.2 Å². The summed E-state index contributed by atoms with van der Waals surface area (Å²) in [5.74, 6) is 0.285. The maximum atomic E-state index is 9.80. The lowest BCUT2D eigenvalue weighted by atomic mass is 10.1. The predicted molar refractivity (Wildman–Crippen MR) is 80.9 cm³/mol. The van der Waals surface area contributed by atoms with Crippen LogP contribution >= 0.6 is 0 Å². The molecule has 0 amide bonds. The number of nitrogens with zero attached hydrogens (tertiary/aromatic N) is 3. The predicted octanol–water partition coefficient (Wildman–Crippen LogP) is 4.18. The molecular formula is C16H19N3O. The van der Waals surface area contributed by atoms with Crippen LogP contribution in [-0.4, -0.2) is 24.1 Å². The molecule has 20 heavy (non-hydrogen) atoms. The van der Waals surface area contributed by atoms with E-state index in [2.05, 4.69) is 10.2 Å². The quantitative estimate of drug-likeness (QED) is 0.846. The Bertz CT molecular complexity index is 604. The third kappa shape index (κ3) is 3.90. The molecule has 4 nitrogen and oxygen atoms in total. The van der Waals surface area contributed by atoms with E-state index in [1.165, 1.54) is 5.56 Å². The van der Waals surface area contributed by atoms with Gasteiger partial charge in [0.2, 0.25) is 0 Å². The first-order valence-corrected chi connectivity index (χ1v) is 6.49. The van der Waals surface area contributed by atoms with Crippen LogP contribution in [0.1, 0.15) is 11.1 Å². The van der Waals surface area contributed by atoms with Crippen LogP contribution in [0.3, 0.4) is 0 Å². The summed E-state index contributed by atoms with van der Waals surface area (Å²) < 4.78 is 0. The number of phenols is 1. The van der Waals surface area contributed by atoms with Crippen molar-refractivity contribution in [1.29, 1.82) is 0 Å². The molecule has 0 aliphatic carbocycles. The van der Waals surface area contributed by atoms with Gasteiger partial charge in [0, 0.05) is 12.1 Å². The maximum Gasteiger partial charge on any atom is 0.120 e. The highest BCUT2D eigenvalue weighted by Gasteiger charge is 2.03. The van der Waals surface area contributed by atoms with Gasteiger partial charge < -0.3 is 10.0 Å². The van der Waals surface area contributed by atoms with E-state index in [1.54, 1.807) is 12.1 Å². The smallest absolute Gasteiger partial charge is 0.120 e. The number of hydrogen-bond acceptors (Lipinski definition) is 4. The van der Waals surface area contributed by atoms with E-state index in [-0.39, 0.29) is 5.75 Å². The van der Waals surface area contributed by atoms with Crippen LogP contribution in [0.5, 0.6) is 5.75 Å². The van der Waals surface area contributed by atoms with Gasteiger partial charge in [0.25, 0.3) is 0 Å². The highest BCUT2D eigenvalue weighted by molar-refractivity contribution is 5.47. The Hall–Kier alpha value is -2.20. The Balaban J connectivity index is 2.18. The minimum absolute atomic E-state index is 0.285. The fraction of sp³-hybridized carbons (Fsp3) is 0.250. The van der Waals surface area contributed by atoms with E-state index in [0.717, 1.165) is 16.9 Å². The Kier molecular flexibility index (Phi) is 4.48.